The van der Waals surface area contributed by atoms with E-state index < -0.39 is 0 Å². The molecule has 0 spiro atoms. The van der Waals surface area contributed by atoms with Crippen LogP contribution in [0.5, 0.6) is 0 Å². The van der Waals surface area contributed by atoms with E-state index in [-0.39, 0.29) is 6.04 Å². The molecule has 0 saturated heterocycles. The van der Waals surface area contributed by atoms with Crippen molar-refractivity contribution in [3.05, 3.63) is 89.2 Å². The summed E-state index contributed by atoms with van der Waals surface area (Å²) in [5.41, 5.74) is 5.35. The Bertz CT molecular complexity index is 883. The number of hydrogen-bond donors (Lipinski definition) is 0. The smallest absolute Gasteiger partial charge is 0.223 e. The minimum atomic E-state index is 0.109. The molecule has 1 aliphatic rings. The Kier molecular flexibility index (Phi) is 4.02. The van der Waals surface area contributed by atoms with E-state index in [1.165, 1.54) is 5.56 Å². The fraction of sp³-hybridized carbons (Fsp3) is 0.190. The van der Waals surface area contributed by atoms with E-state index in [4.69, 9.17) is 5.10 Å². The molecule has 0 fully saturated rings. The predicted octanol–water partition coefficient (Wildman–Crippen LogP) is 4.45. The lowest BCUT2D eigenvalue weighted by Gasteiger charge is -2.22. The lowest BCUT2D eigenvalue weighted by atomic mass is 9.99. The topological polar surface area (TPSA) is 41.4 Å². The second-order valence-electron chi connectivity index (χ2n) is 6.34. The Morgan fingerprint density at radius 2 is 1.44 bits per heavy atom. The summed E-state index contributed by atoms with van der Waals surface area (Å²) < 4.78 is 0. The number of anilines is 1. The van der Waals surface area contributed by atoms with Crippen molar-refractivity contribution in [1.29, 1.82) is 0 Å². The summed E-state index contributed by atoms with van der Waals surface area (Å²) >= 11 is 0. The first-order valence-electron chi connectivity index (χ1n) is 8.50. The summed E-state index contributed by atoms with van der Waals surface area (Å²) in [7, 11) is 0. The van der Waals surface area contributed by atoms with E-state index in [0.717, 1.165) is 29.1 Å². The number of hydrogen-bond acceptors (Lipinski definition) is 4. The standard InChI is InChI=1S/C21H20N4/c1-15-13-16(2)23-21(22-15)25-20(18-11-7-4-8-12-18)14-19(24-25)17-9-5-3-6-10-17/h3-13,20H,14H2,1-2H3. The molecule has 3 aromatic rings. The molecule has 4 rings (SSSR count). The molecule has 1 aliphatic heterocycles. The molecule has 1 atom stereocenters. The largest absolute Gasteiger partial charge is 0.247 e. The van der Waals surface area contributed by atoms with Crippen LogP contribution in [0.1, 0.15) is 35.0 Å². The van der Waals surface area contributed by atoms with Gasteiger partial charge in [0.2, 0.25) is 5.95 Å². The molecule has 4 heteroatoms. The van der Waals surface area contributed by atoms with E-state index in [2.05, 4.69) is 46.4 Å². The number of aryl methyl sites for hydroxylation is 2. The van der Waals surface area contributed by atoms with Gasteiger partial charge in [0.15, 0.2) is 0 Å². The maximum Gasteiger partial charge on any atom is 0.247 e. The van der Waals surface area contributed by atoms with Crippen LogP contribution in [-0.2, 0) is 0 Å². The zero-order chi connectivity index (χ0) is 17.2. The van der Waals surface area contributed by atoms with E-state index >= 15 is 0 Å². The van der Waals surface area contributed by atoms with Crippen LogP contribution >= 0.6 is 0 Å². The van der Waals surface area contributed by atoms with Crippen molar-refractivity contribution in [1.82, 2.24) is 9.97 Å². The van der Waals surface area contributed by atoms with Gasteiger partial charge in [-0.05, 0) is 31.0 Å². The summed E-state index contributed by atoms with van der Waals surface area (Å²) in [4.78, 5) is 9.26. The maximum absolute atomic E-state index is 4.89. The predicted molar refractivity (Wildman–Crippen MR) is 101 cm³/mol. The van der Waals surface area contributed by atoms with Gasteiger partial charge in [-0.15, -0.1) is 0 Å². The third-order valence-corrected chi connectivity index (χ3v) is 4.38. The van der Waals surface area contributed by atoms with Crippen molar-refractivity contribution < 1.29 is 0 Å². The Hall–Kier alpha value is -3.01. The van der Waals surface area contributed by atoms with Crippen molar-refractivity contribution in [2.24, 2.45) is 5.10 Å². The van der Waals surface area contributed by atoms with Gasteiger partial charge in [-0.3, -0.25) is 0 Å². The van der Waals surface area contributed by atoms with Gasteiger partial charge >= 0.3 is 0 Å². The first-order valence-corrected chi connectivity index (χ1v) is 8.50. The minimum absolute atomic E-state index is 0.109. The van der Waals surface area contributed by atoms with E-state index in [1.807, 2.05) is 49.2 Å². The van der Waals surface area contributed by atoms with Crippen LogP contribution in [0, 0.1) is 13.8 Å². The van der Waals surface area contributed by atoms with Crippen molar-refractivity contribution in [3.63, 3.8) is 0 Å². The molecule has 1 unspecified atom stereocenters. The highest BCUT2D eigenvalue weighted by Gasteiger charge is 2.31. The Morgan fingerprint density at radius 3 is 2.08 bits per heavy atom. The highest BCUT2D eigenvalue weighted by Crippen LogP contribution is 2.35. The van der Waals surface area contributed by atoms with Crippen molar-refractivity contribution in [3.8, 4) is 0 Å². The zero-order valence-electron chi connectivity index (χ0n) is 14.4. The van der Waals surface area contributed by atoms with Crippen LogP contribution in [0.25, 0.3) is 0 Å². The number of benzene rings is 2. The summed E-state index contributed by atoms with van der Waals surface area (Å²) in [5, 5.41) is 6.86. The Morgan fingerprint density at radius 1 is 0.840 bits per heavy atom. The molecular formula is C21H20N4. The molecule has 124 valence electrons. The van der Waals surface area contributed by atoms with Crippen LogP contribution in [0.4, 0.5) is 5.95 Å². The van der Waals surface area contributed by atoms with Gasteiger partial charge in [0.1, 0.15) is 0 Å². The van der Waals surface area contributed by atoms with Gasteiger partial charge in [0, 0.05) is 17.8 Å². The normalized spacial score (nSPS) is 16.8. The van der Waals surface area contributed by atoms with Gasteiger partial charge in [-0.1, -0.05) is 60.7 Å². The molecule has 25 heavy (non-hydrogen) atoms. The summed E-state index contributed by atoms with van der Waals surface area (Å²) in [5.74, 6) is 0.664. The van der Waals surface area contributed by atoms with Crippen LogP contribution in [0.3, 0.4) is 0 Å². The average Bonchev–Trinajstić information content (AvgIpc) is 3.08. The van der Waals surface area contributed by atoms with Gasteiger partial charge in [-0.25, -0.2) is 15.0 Å². The van der Waals surface area contributed by atoms with E-state index in [0.29, 0.717) is 5.95 Å². The maximum atomic E-state index is 4.89. The van der Waals surface area contributed by atoms with Crippen LogP contribution in [-0.4, -0.2) is 15.7 Å². The lowest BCUT2D eigenvalue weighted by Crippen LogP contribution is -2.21. The van der Waals surface area contributed by atoms with Crippen molar-refractivity contribution in [2.75, 3.05) is 5.01 Å². The number of nitrogens with zero attached hydrogens (tertiary/aromatic N) is 4. The average molecular weight is 328 g/mol. The number of rotatable bonds is 3. The molecule has 0 radical (unpaired) electrons. The Balaban J connectivity index is 1.79. The molecule has 2 heterocycles. The Labute approximate surface area is 147 Å². The summed E-state index contributed by atoms with van der Waals surface area (Å²) in [6.45, 7) is 3.99. The zero-order valence-corrected chi connectivity index (χ0v) is 14.4. The lowest BCUT2D eigenvalue weighted by molar-refractivity contribution is 0.683. The fourth-order valence-corrected chi connectivity index (χ4v) is 3.24. The molecule has 0 bridgehead atoms. The SMILES string of the molecule is Cc1cc(C)nc(N2N=C(c3ccccc3)CC2c2ccccc2)n1. The molecule has 0 N–H and O–H groups in total. The quantitative estimate of drug-likeness (QED) is 0.713. The van der Waals surface area contributed by atoms with Crippen LogP contribution < -0.4 is 5.01 Å². The third-order valence-electron chi connectivity index (χ3n) is 4.38. The molecule has 0 amide bonds. The summed E-state index contributed by atoms with van der Waals surface area (Å²) in [6, 6.07) is 22.9. The minimum Gasteiger partial charge on any atom is -0.223 e. The summed E-state index contributed by atoms with van der Waals surface area (Å²) in [6.07, 6.45) is 0.838. The molecule has 4 nitrogen and oxygen atoms in total. The highest BCUT2D eigenvalue weighted by atomic mass is 15.5. The highest BCUT2D eigenvalue weighted by molar-refractivity contribution is 6.03. The first kappa shape index (κ1) is 15.5. The second kappa shape index (κ2) is 6.48. The van der Waals surface area contributed by atoms with Crippen molar-refractivity contribution in [2.45, 2.75) is 26.3 Å². The second-order valence-corrected chi connectivity index (χ2v) is 6.34. The van der Waals surface area contributed by atoms with Gasteiger partial charge < -0.3 is 0 Å². The monoisotopic (exact) mass is 328 g/mol. The number of hydrazone groups is 1. The number of aromatic nitrogens is 2. The van der Waals surface area contributed by atoms with E-state index in [1.54, 1.807) is 0 Å². The fourth-order valence-electron chi connectivity index (χ4n) is 3.24. The van der Waals surface area contributed by atoms with Gasteiger partial charge in [0.05, 0.1) is 11.8 Å². The van der Waals surface area contributed by atoms with E-state index in [9.17, 15) is 0 Å². The van der Waals surface area contributed by atoms with Crippen LogP contribution in [0.15, 0.2) is 71.8 Å². The van der Waals surface area contributed by atoms with Gasteiger partial charge in [0.25, 0.3) is 0 Å². The molecule has 0 saturated carbocycles. The first-order chi connectivity index (χ1) is 12.2. The van der Waals surface area contributed by atoms with Crippen molar-refractivity contribution >= 4 is 11.7 Å². The van der Waals surface area contributed by atoms with Gasteiger partial charge in [-0.2, -0.15) is 5.10 Å². The molecule has 2 aromatic carbocycles. The molecular weight excluding hydrogens is 308 g/mol. The third kappa shape index (κ3) is 3.15. The molecule has 0 aliphatic carbocycles. The molecule has 1 aromatic heterocycles. The van der Waals surface area contributed by atoms with Crippen LogP contribution in [0.2, 0.25) is 0 Å².